The second-order valence-electron chi connectivity index (χ2n) is 9.45. The first-order valence-electron chi connectivity index (χ1n) is 13.3. The molecule has 1 saturated heterocycles. The van der Waals surface area contributed by atoms with Gasteiger partial charge in [-0.3, -0.25) is 0 Å². The smallest absolute Gasteiger partial charge is 0.218 e. The van der Waals surface area contributed by atoms with E-state index in [-0.39, 0.29) is 0 Å². The van der Waals surface area contributed by atoms with Crippen LogP contribution in [0.2, 0.25) is 0 Å². The Hall–Kier alpha value is -3.36. The van der Waals surface area contributed by atoms with Gasteiger partial charge in [0.2, 0.25) is 6.41 Å². The summed E-state index contributed by atoms with van der Waals surface area (Å²) in [7, 11) is 0. The Morgan fingerprint density at radius 2 is 0.949 bits per heavy atom. The molecule has 6 heteroatoms. The normalized spacial score (nSPS) is 21.0. The monoisotopic (exact) mass is 525 g/mol. The molecule has 0 bridgehead atoms. The minimum Gasteiger partial charge on any atom is -0.374 e. The summed E-state index contributed by atoms with van der Waals surface area (Å²) in [6.07, 6.45) is -2.01. The predicted octanol–water partition coefficient (Wildman–Crippen LogP) is 5.82. The first kappa shape index (κ1) is 27.2. The van der Waals surface area contributed by atoms with Gasteiger partial charge in [-0.05, 0) is 22.3 Å². The molecule has 0 aliphatic carbocycles. The van der Waals surface area contributed by atoms with Crippen molar-refractivity contribution in [2.24, 2.45) is 0 Å². The van der Waals surface area contributed by atoms with Gasteiger partial charge in [0.1, 0.15) is 18.4 Å². The van der Waals surface area contributed by atoms with Crippen molar-refractivity contribution >= 4 is 0 Å². The van der Waals surface area contributed by atoms with E-state index in [1.54, 1.807) is 0 Å². The van der Waals surface area contributed by atoms with Gasteiger partial charge in [0, 0.05) is 0 Å². The van der Waals surface area contributed by atoms with Crippen LogP contribution in [0.15, 0.2) is 121 Å². The van der Waals surface area contributed by atoms with E-state index < -0.39 is 24.8 Å². The highest BCUT2D eigenvalue weighted by Crippen LogP contribution is 2.23. The van der Waals surface area contributed by atoms with Crippen molar-refractivity contribution in [3.05, 3.63) is 144 Å². The van der Waals surface area contributed by atoms with E-state index in [0.717, 1.165) is 22.3 Å². The lowest BCUT2D eigenvalue weighted by Gasteiger charge is -2.42. The van der Waals surface area contributed by atoms with Crippen molar-refractivity contribution in [1.82, 2.24) is 5.32 Å². The zero-order valence-corrected chi connectivity index (χ0v) is 21.9. The highest BCUT2D eigenvalue weighted by molar-refractivity contribution is 5.16. The van der Waals surface area contributed by atoms with Crippen LogP contribution in [0, 0.1) is 0 Å². The molecule has 0 saturated carbocycles. The molecule has 4 atom stereocenters. The second kappa shape index (κ2) is 14.7. The number of ether oxygens (including phenoxy) is 5. The van der Waals surface area contributed by atoms with Gasteiger partial charge in [-0.2, -0.15) is 0 Å². The van der Waals surface area contributed by atoms with Crippen LogP contribution in [0.3, 0.4) is 0 Å². The first-order valence-corrected chi connectivity index (χ1v) is 13.3. The van der Waals surface area contributed by atoms with Crippen LogP contribution < -0.4 is 5.32 Å². The molecule has 6 nitrogen and oxygen atoms in total. The average Bonchev–Trinajstić information content (AvgIpc) is 3.00. The zero-order chi connectivity index (χ0) is 26.5. The molecular weight excluding hydrogens is 490 g/mol. The number of rotatable bonds is 13. The maximum absolute atomic E-state index is 6.45. The lowest BCUT2D eigenvalue weighted by molar-refractivity contribution is -0.298. The van der Waals surface area contributed by atoms with Gasteiger partial charge in [0.05, 0.1) is 33.0 Å². The summed E-state index contributed by atoms with van der Waals surface area (Å²) < 4.78 is 31.5. The molecule has 4 unspecified atom stereocenters. The molecule has 0 amide bonds. The summed E-state index contributed by atoms with van der Waals surface area (Å²) in [6, 6.07) is 40.3. The molecule has 5 rings (SSSR count). The Kier molecular flexibility index (Phi) is 10.3. The van der Waals surface area contributed by atoms with Crippen molar-refractivity contribution in [2.45, 2.75) is 51.3 Å². The van der Waals surface area contributed by atoms with Crippen LogP contribution in [0.5, 0.6) is 0 Å². The highest BCUT2D eigenvalue weighted by Gasteiger charge is 2.40. The van der Waals surface area contributed by atoms with Crippen LogP contribution in [-0.2, 0) is 50.1 Å². The summed E-state index contributed by atoms with van der Waals surface area (Å²) in [5.41, 5.74) is 4.31. The summed E-state index contributed by atoms with van der Waals surface area (Å²) in [5, 5.41) is 3.37. The largest absolute Gasteiger partial charge is 0.374 e. The van der Waals surface area contributed by atoms with Crippen molar-refractivity contribution in [3.8, 4) is 0 Å². The summed E-state index contributed by atoms with van der Waals surface area (Å²) in [5.74, 6) is 0. The zero-order valence-electron chi connectivity index (χ0n) is 21.9. The molecule has 4 aromatic rings. The summed E-state index contributed by atoms with van der Waals surface area (Å²) in [6.45, 7) is 2.05. The van der Waals surface area contributed by atoms with E-state index in [1.807, 2.05) is 121 Å². The van der Waals surface area contributed by atoms with E-state index >= 15 is 0 Å². The fourth-order valence-corrected chi connectivity index (χ4v) is 4.40. The third-order valence-corrected chi connectivity index (χ3v) is 6.46. The van der Waals surface area contributed by atoms with Gasteiger partial charge in [0.25, 0.3) is 0 Å². The minimum absolute atomic E-state index is 0.326. The second-order valence-corrected chi connectivity index (χ2v) is 9.45. The lowest BCUT2D eigenvalue weighted by atomic mass is 10.1. The van der Waals surface area contributed by atoms with Gasteiger partial charge < -0.3 is 23.7 Å². The third kappa shape index (κ3) is 8.57. The molecule has 1 aliphatic rings. The molecule has 1 aliphatic heterocycles. The summed E-state index contributed by atoms with van der Waals surface area (Å²) >= 11 is 0. The SMILES string of the molecule is c1ccc(COCC2OC(OCc3ccccc3)NC(OCc3ccccc3)C2OCc2ccccc2)cc1. The average molecular weight is 526 g/mol. The predicted molar refractivity (Wildman–Crippen MR) is 149 cm³/mol. The molecule has 4 aromatic carbocycles. The Labute approximate surface area is 230 Å². The third-order valence-electron chi connectivity index (χ3n) is 6.46. The molecular formula is C33H35NO5. The van der Waals surface area contributed by atoms with E-state index in [9.17, 15) is 0 Å². The Bertz CT molecular complexity index is 1210. The van der Waals surface area contributed by atoms with Crippen LogP contribution in [0.1, 0.15) is 22.3 Å². The van der Waals surface area contributed by atoms with E-state index in [1.165, 1.54) is 0 Å². The van der Waals surface area contributed by atoms with Crippen LogP contribution in [-0.4, -0.2) is 31.5 Å². The number of nitrogens with one attached hydrogen (secondary N) is 1. The van der Waals surface area contributed by atoms with Crippen molar-refractivity contribution < 1.29 is 23.7 Å². The number of benzene rings is 4. The highest BCUT2D eigenvalue weighted by atomic mass is 16.7. The maximum Gasteiger partial charge on any atom is 0.218 e. The minimum atomic E-state index is -0.687. The van der Waals surface area contributed by atoms with E-state index in [4.69, 9.17) is 23.7 Å². The van der Waals surface area contributed by atoms with Gasteiger partial charge in [-0.15, -0.1) is 0 Å². The molecule has 1 heterocycles. The van der Waals surface area contributed by atoms with E-state index in [0.29, 0.717) is 33.0 Å². The lowest BCUT2D eigenvalue weighted by Crippen LogP contribution is -2.62. The Morgan fingerprint density at radius 1 is 0.513 bits per heavy atom. The first-order chi connectivity index (χ1) is 19.3. The van der Waals surface area contributed by atoms with Gasteiger partial charge >= 0.3 is 0 Å². The molecule has 0 radical (unpaired) electrons. The van der Waals surface area contributed by atoms with Crippen molar-refractivity contribution in [2.75, 3.05) is 6.61 Å². The topological polar surface area (TPSA) is 58.2 Å². The van der Waals surface area contributed by atoms with Gasteiger partial charge in [0.15, 0.2) is 0 Å². The molecule has 1 N–H and O–H groups in total. The molecule has 39 heavy (non-hydrogen) atoms. The van der Waals surface area contributed by atoms with Gasteiger partial charge in [-0.25, -0.2) is 5.32 Å². The Morgan fingerprint density at radius 3 is 1.46 bits per heavy atom. The molecule has 0 aromatic heterocycles. The van der Waals surface area contributed by atoms with Crippen LogP contribution >= 0.6 is 0 Å². The van der Waals surface area contributed by atoms with E-state index in [2.05, 4.69) is 5.32 Å². The maximum atomic E-state index is 6.45. The van der Waals surface area contributed by atoms with Crippen LogP contribution in [0.25, 0.3) is 0 Å². The van der Waals surface area contributed by atoms with Gasteiger partial charge in [-0.1, -0.05) is 121 Å². The Balaban J connectivity index is 1.30. The fraction of sp³-hybridized carbons (Fsp3) is 0.273. The molecule has 0 spiro atoms. The summed E-state index contributed by atoms with van der Waals surface area (Å²) in [4.78, 5) is 0. The van der Waals surface area contributed by atoms with Crippen molar-refractivity contribution in [1.29, 1.82) is 0 Å². The number of hydrogen-bond donors (Lipinski definition) is 1. The fourth-order valence-electron chi connectivity index (χ4n) is 4.40. The van der Waals surface area contributed by atoms with Crippen molar-refractivity contribution in [3.63, 3.8) is 0 Å². The standard InChI is InChI=1S/C33H35NO5/c1-5-13-26(14-6-1)21-35-25-30-31(36-22-27-15-7-2-8-16-27)32(37-23-28-17-9-3-10-18-28)34-33(39-30)38-24-29-19-11-4-12-20-29/h1-20,30-34H,21-25H2. The molecule has 202 valence electrons. The van der Waals surface area contributed by atoms with Crippen LogP contribution in [0.4, 0.5) is 0 Å². The molecule has 1 fully saturated rings. The number of hydrogen-bond acceptors (Lipinski definition) is 6. The quantitative estimate of drug-likeness (QED) is 0.237.